The van der Waals surface area contributed by atoms with Gasteiger partial charge in [0.25, 0.3) is 0 Å². The van der Waals surface area contributed by atoms with Crippen LogP contribution in [0.3, 0.4) is 0 Å². The van der Waals surface area contributed by atoms with E-state index in [0.717, 1.165) is 17.7 Å². The van der Waals surface area contributed by atoms with Crippen LogP contribution in [-0.4, -0.2) is 41.7 Å². The third-order valence-corrected chi connectivity index (χ3v) is 3.38. The lowest BCUT2D eigenvalue weighted by molar-refractivity contribution is -0.141. The minimum atomic E-state index is -0.945. The number of amides is 2. The Morgan fingerprint density at radius 2 is 2.30 bits per heavy atom. The van der Waals surface area contributed by atoms with Crippen molar-refractivity contribution >= 4 is 12.0 Å². The zero-order valence-corrected chi connectivity index (χ0v) is 11.3. The molecule has 0 aliphatic carbocycles. The van der Waals surface area contributed by atoms with E-state index < -0.39 is 12.0 Å². The molecule has 0 radical (unpaired) electrons. The number of hydrogen-bond donors (Lipinski definition) is 2. The molecule has 1 aliphatic heterocycles. The molecule has 6 heteroatoms. The monoisotopic (exact) mass is 278 g/mol. The maximum Gasteiger partial charge on any atom is 0.326 e. The van der Waals surface area contributed by atoms with Gasteiger partial charge < -0.3 is 20.1 Å². The Balaban J connectivity index is 1.93. The third kappa shape index (κ3) is 3.20. The zero-order valence-electron chi connectivity index (χ0n) is 11.3. The Hall–Kier alpha value is -2.24. The summed E-state index contributed by atoms with van der Waals surface area (Å²) < 4.78 is 5.11. The number of benzene rings is 1. The molecule has 1 heterocycles. The number of likely N-dealkylation sites (tertiary alicyclic amines) is 1. The van der Waals surface area contributed by atoms with E-state index in [9.17, 15) is 9.59 Å². The number of hydrogen-bond acceptors (Lipinski definition) is 3. The van der Waals surface area contributed by atoms with Gasteiger partial charge in [-0.1, -0.05) is 12.1 Å². The number of nitrogens with one attached hydrogen (secondary N) is 1. The average Bonchev–Trinajstić information content (AvgIpc) is 2.94. The Bertz CT molecular complexity index is 504. The summed E-state index contributed by atoms with van der Waals surface area (Å²) >= 11 is 0. The first-order valence-corrected chi connectivity index (χ1v) is 6.52. The molecule has 1 aromatic rings. The number of urea groups is 1. The number of aliphatic carboxylic acids is 1. The summed E-state index contributed by atoms with van der Waals surface area (Å²) in [5.41, 5.74) is 0.906. The Labute approximate surface area is 117 Å². The van der Waals surface area contributed by atoms with Crippen LogP contribution in [0.25, 0.3) is 0 Å². The predicted molar refractivity (Wildman–Crippen MR) is 72.6 cm³/mol. The van der Waals surface area contributed by atoms with Gasteiger partial charge in [0, 0.05) is 13.1 Å². The standard InChI is InChI=1S/C14H18N2O4/c1-20-11-5-2-4-10(8-11)9-15-14(19)16-7-3-6-12(16)13(17)18/h2,4-5,8,12H,3,6-7,9H2,1H3,(H,15,19)(H,17,18). The SMILES string of the molecule is COc1cccc(CNC(=O)N2CCCC2C(=O)O)c1. The first kappa shape index (κ1) is 14.2. The van der Waals surface area contributed by atoms with Crippen LogP contribution in [0.15, 0.2) is 24.3 Å². The van der Waals surface area contributed by atoms with Crippen LogP contribution in [0.4, 0.5) is 4.79 Å². The number of rotatable bonds is 4. The van der Waals surface area contributed by atoms with Crippen molar-refractivity contribution in [3.8, 4) is 5.75 Å². The average molecular weight is 278 g/mol. The zero-order chi connectivity index (χ0) is 14.5. The molecule has 2 amide bonds. The number of carboxylic acid groups (broad SMARTS) is 1. The summed E-state index contributed by atoms with van der Waals surface area (Å²) in [5.74, 6) is -0.222. The summed E-state index contributed by atoms with van der Waals surface area (Å²) in [6.45, 7) is 0.833. The highest BCUT2D eigenvalue weighted by molar-refractivity contribution is 5.83. The van der Waals surface area contributed by atoms with E-state index in [2.05, 4.69) is 5.32 Å². The van der Waals surface area contributed by atoms with E-state index in [1.807, 2.05) is 24.3 Å². The molecule has 6 nitrogen and oxygen atoms in total. The van der Waals surface area contributed by atoms with Gasteiger partial charge in [-0.15, -0.1) is 0 Å². The highest BCUT2D eigenvalue weighted by Gasteiger charge is 2.33. The summed E-state index contributed by atoms with van der Waals surface area (Å²) in [6.07, 6.45) is 1.24. The van der Waals surface area contributed by atoms with Gasteiger partial charge in [0.1, 0.15) is 11.8 Å². The van der Waals surface area contributed by atoms with Gasteiger partial charge in [0.15, 0.2) is 0 Å². The van der Waals surface area contributed by atoms with Crippen LogP contribution in [0.2, 0.25) is 0 Å². The second-order valence-electron chi connectivity index (χ2n) is 4.70. The highest BCUT2D eigenvalue weighted by atomic mass is 16.5. The first-order chi connectivity index (χ1) is 9.61. The summed E-state index contributed by atoms with van der Waals surface area (Å²) in [6, 6.07) is 6.33. The highest BCUT2D eigenvalue weighted by Crippen LogP contribution is 2.18. The molecule has 2 rings (SSSR count). The molecule has 20 heavy (non-hydrogen) atoms. The van der Waals surface area contributed by atoms with Crippen molar-refractivity contribution in [2.75, 3.05) is 13.7 Å². The Morgan fingerprint density at radius 3 is 3.00 bits per heavy atom. The van der Waals surface area contributed by atoms with Gasteiger partial charge in [-0.3, -0.25) is 0 Å². The lowest BCUT2D eigenvalue weighted by Crippen LogP contribution is -2.45. The van der Waals surface area contributed by atoms with Gasteiger partial charge in [0.05, 0.1) is 7.11 Å². The number of carbonyl (C=O) groups excluding carboxylic acids is 1. The fraction of sp³-hybridized carbons (Fsp3) is 0.429. The number of methoxy groups -OCH3 is 1. The van der Waals surface area contributed by atoms with Gasteiger partial charge >= 0.3 is 12.0 Å². The van der Waals surface area contributed by atoms with Crippen LogP contribution in [0.1, 0.15) is 18.4 Å². The van der Waals surface area contributed by atoms with Crippen LogP contribution < -0.4 is 10.1 Å². The molecule has 1 aliphatic rings. The van der Waals surface area contributed by atoms with E-state index >= 15 is 0 Å². The van der Waals surface area contributed by atoms with E-state index in [0.29, 0.717) is 19.5 Å². The van der Waals surface area contributed by atoms with Crippen LogP contribution >= 0.6 is 0 Å². The van der Waals surface area contributed by atoms with E-state index in [1.54, 1.807) is 7.11 Å². The molecule has 0 saturated carbocycles. The lowest BCUT2D eigenvalue weighted by Gasteiger charge is -2.21. The molecular formula is C14H18N2O4. The molecule has 0 bridgehead atoms. The molecule has 108 valence electrons. The summed E-state index contributed by atoms with van der Waals surface area (Å²) in [7, 11) is 1.58. The maximum atomic E-state index is 12.0. The van der Waals surface area contributed by atoms with Gasteiger partial charge in [-0.05, 0) is 30.5 Å². The molecule has 0 aromatic heterocycles. The molecule has 0 spiro atoms. The number of nitrogens with zero attached hydrogens (tertiary/aromatic N) is 1. The van der Waals surface area contributed by atoms with E-state index in [-0.39, 0.29) is 6.03 Å². The Morgan fingerprint density at radius 1 is 1.50 bits per heavy atom. The fourth-order valence-electron chi connectivity index (χ4n) is 2.33. The smallest absolute Gasteiger partial charge is 0.326 e. The van der Waals surface area contributed by atoms with Gasteiger partial charge in [-0.2, -0.15) is 0 Å². The van der Waals surface area contributed by atoms with Crippen LogP contribution in [0.5, 0.6) is 5.75 Å². The molecule has 1 saturated heterocycles. The Kier molecular flexibility index (Phi) is 4.45. The van der Waals surface area contributed by atoms with Crippen molar-refractivity contribution < 1.29 is 19.4 Å². The molecular weight excluding hydrogens is 260 g/mol. The molecule has 1 unspecified atom stereocenters. The fourth-order valence-corrected chi connectivity index (χ4v) is 2.33. The van der Waals surface area contributed by atoms with Crippen molar-refractivity contribution in [2.45, 2.75) is 25.4 Å². The predicted octanol–water partition coefficient (Wildman–Crippen LogP) is 1.45. The van der Waals surface area contributed by atoms with E-state index in [1.165, 1.54) is 4.90 Å². The topological polar surface area (TPSA) is 78.9 Å². The lowest BCUT2D eigenvalue weighted by atomic mass is 10.2. The summed E-state index contributed by atoms with van der Waals surface area (Å²) in [5, 5.41) is 11.8. The van der Waals surface area contributed by atoms with Crippen LogP contribution in [0, 0.1) is 0 Å². The number of ether oxygens (including phenoxy) is 1. The van der Waals surface area contributed by atoms with E-state index in [4.69, 9.17) is 9.84 Å². The quantitative estimate of drug-likeness (QED) is 0.873. The number of carboxylic acids is 1. The third-order valence-electron chi connectivity index (χ3n) is 3.38. The molecule has 2 N–H and O–H groups in total. The molecule has 1 fully saturated rings. The minimum absolute atomic E-state index is 0.335. The normalized spacial score (nSPS) is 17.9. The maximum absolute atomic E-state index is 12.0. The van der Waals surface area contributed by atoms with Gasteiger partial charge in [-0.25, -0.2) is 9.59 Å². The van der Waals surface area contributed by atoms with Crippen molar-refractivity contribution in [3.05, 3.63) is 29.8 Å². The van der Waals surface area contributed by atoms with Crippen molar-refractivity contribution in [2.24, 2.45) is 0 Å². The minimum Gasteiger partial charge on any atom is -0.497 e. The first-order valence-electron chi connectivity index (χ1n) is 6.52. The number of carbonyl (C=O) groups is 2. The van der Waals surface area contributed by atoms with Crippen molar-refractivity contribution in [1.29, 1.82) is 0 Å². The van der Waals surface area contributed by atoms with Crippen molar-refractivity contribution in [3.63, 3.8) is 0 Å². The largest absolute Gasteiger partial charge is 0.497 e. The molecule has 1 atom stereocenters. The van der Waals surface area contributed by atoms with Crippen LogP contribution in [-0.2, 0) is 11.3 Å². The summed E-state index contributed by atoms with van der Waals surface area (Å²) in [4.78, 5) is 24.4. The second kappa shape index (κ2) is 6.27. The van der Waals surface area contributed by atoms with Gasteiger partial charge in [0.2, 0.25) is 0 Å². The molecule has 1 aromatic carbocycles. The second-order valence-corrected chi connectivity index (χ2v) is 4.70. The van der Waals surface area contributed by atoms with Crippen molar-refractivity contribution in [1.82, 2.24) is 10.2 Å².